The van der Waals surface area contributed by atoms with Crippen molar-refractivity contribution in [3.8, 4) is 0 Å². The van der Waals surface area contributed by atoms with Gasteiger partial charge in [0, 0.05) is 48.2 Å². The highest BCUT2D eigenvalue weighted by atomic mass is 32.2. The first-order valence-electron chi connectivity index (χ1n) is 8.26. The van der Waals surface area contributed by atoms with Crippen LogP contribution in [0.15, 0.2) is 71.9 Å². The second-order valence-corrected chi connectivity index (χ2v) is 7.94. The fraction of sp³-hybridized carbons (Fsp3) is 0.211. The van der Waals surface area contributed by atoms with Gasteiger partial charge < -0.3 is 5.32 Å². The number of pyridine rings is 1. The summed E-state index contributed by atoms with van der Waals surface area (Å²) in [6.07, 6.45) is 3.30. The van der Waals surface area contributed by atoms with E-state index >= 15 is 0 Å². The lowest BCUT2D eigenvalue weighted by Crippen LogP contribution is -2.39. The van der Waals surface area contributed by atoms with Crippen molar-refractivity contribution in [2.45, 2.75) is 16.9 Å². The van der Waals surface area contributed by atoms with Gasteiger partial charge in [0.1, 0.15) is 0 Å². The highest BCUT2D eigenvalue weighted by molar-refractivity contribution is 7.89. The third-order valence-electron chi connectivity index (χ3n) is 4.68. The van der Waals surface area contributed by atoms with Gasteiger partial charge in [-0.05, 0) is 17.7 Å². The molecule has 1 fully saturated rings. The first-order valence-corrected chi connectivity index (χ1v) is 9.74. The average molecular weight is 353 g/mol. The molecule has 1 aliphatic rings. The van der Waals surface area contributed by atoms with Crippen molar-refractivity contribution in [1.29, 1.82) is 0 Å². The second-order valence-electron chi connectivity index (χ2n) is 6.26. The van der Waals surface area contributed by atoms with E-state index in [1.54, 1.807) is 30.6 Å². The fourth-order valence-electron chi connectivity index (χ4n) is 3.44. The molecule has 0 bridgehead atoms. The number of nitrogens with one attached hydrogen (secondary N) is 2. The minimum absolute atomic E-state index is 0.118. The molecular formula is C19H19N3O2S. The maximum absolute atomic E-state index is 13.0. The number of sulfonamides is 1. The van der Waals surface area contributed by atoms with Crippen molar-refractivity contribution in [2.24, 2.45) is 0 Å². The van der Waals surface area contributed by atoms with Crippen LogP contribution in [-0.4, -0.2) is 32.5 Å². The largest absolute Gasteiger partial charge is 0.314 e. The smallest absolute Gasteiger partial charge is 0.241 e. The van der Waals surface area contributed by atoms with E-state index in [9.17, 15) is 8.42 Å². The molecule has 0 saturated carbocycles. The molecule has 0 radical (unpaired) electrons. The molecule has 128 valence electrons. The Morgan fingerprint density at radius 2 is 1.84 bits per heavy atom. The van der Waals surface area contributed by atoms with Crippen molar-refractivity contribution in [3.63, 3.8) is 0 Å². The second kappa shape index (κ2) is 6.55. The minimum atomic E-state index is -3.63. The molecule has 0 spiro atoms. The van der Waals surface area contributed by atoms with Gasteiger partial charge >= 0.3 is 0 Å². The van der Waals surface area contributed by atoms with Crippen LogP contribution in [0.3, 0.4) is 0 Å². The zero-order valence-corrected chi connectivity index (χ0v) is 14.4. The Labute approximate surface area is 147 Å². The molecule has 2 N–H and O–H groups in total. The molecule has 25 heavy (non-hydrogen) atoms. The summed E-state index contributed by atoms with van der Waals surface area (Å²) in [6.45, 7) is 1.38. The molecule has 2 heterocycles. The summed E-state index contributed by atoms with van der Waals surface area (Å²) < 4.78 is 28.9. The molecule has 2 atom stereocenters. The Hall–Kier alpha value is -2.28. The van der Waals surface area contributed by atoms with E-state index in [4.69, 9.17) is 0 Å². The van der Waals surface area contributed by atoms with Crippen molar-refractivity contribution in [3.05, 3.63) is 72.6 Å². The lowest BCUT2D eigenvalue weighted by Gasteiger charge is -2.21. The fourth-order valence-corrected chi connectivity index (χ4v) is 4.95. The number of hydrogen-bond acceptors (Lipinski definition) is 4. The van der Waals surface area contributed by atoms with Gasteiger partial charge in [-0.3, -0.25) is 4.98 Å². The van der Waals surface area contributed by atoms with Crippen LogP contribution >= 0.6 is 0 Å². The van der Waals surface area contributed by atoms with E-state index in [0.717, 1.165) is 17.5 Å². The van der Waals surface area contributed by atoms with E-state index in [2.05, 4.69) is 15.0 Å². The van der Waals surface area contributed by atoms with E-state index in [-0.39, 0.29) is 12.0 Å². The third-order valence-corrected chi connectivity index (χ3v) is 6.23. The van der Waals surface area contributed by atoms with Crippen molar-refractivity contribution in [1.82, 2.24) is 15.0 Å². The van der Waals surface area contributed by atoms with Gasteiger partial charge in [-0.2, -0.15) is 0 Å². The highest BCUT2D eigenvalue weighted by Gasteiger charge is 2.32. The molecule has 2 unspecified atom stereocenters. The van der Waals surface area contributed by atoms with E-state index in [1.807, 2.05) is 36.4 Å². The predicted octanol–water partition coefficient (Wildman–Crippen LogP) is 2.27. The lowest BCUT2D eigenvalue weighted by atomic mass is 9.95. The summed E-state index contributed by atoms with van der Waals surface area (Å²) in [6, 6.07) is 16.8. The Bertz CT molecular complexity index is 984. The Kier molecular flexibility index (Phi) is 4.25. The van der Waals surface area contributed by atoms with Crippen LogP contribution in [-0.2, 0) is 10.0 Å². The van der Waals surface area contributed by atoms with Gasteiger partial charge in [0.25, 0.3) is 0 Å². The van der Waals surface area contributed by atoms with Crippen molar-refractivity contribution < 1.29 is 8.42 Å². The van der Waals surface area contributed by atoms with Crippen molar-refractivity contribution >= 4 is 20.8 Å². The molecule has 1 aromatic heterocycles. The zero-order valence-electron chi connectivity index (χ0n) is 13.6. The van der Waals surface area contributed by atoms with Crippen LogP contribution in [0.5, 0.6) is 0 Å². The van der Waals surface area contributed by atoms with Crippen LogP contribution in [0.2, 0.25) is 0 Å². The van der Waals surface area contributed by atoms with E-state index < -0.39 is 10.0 Å². The number of fused-ring (bicyclic) bond motifs is 1. The van der Waals surface area contributed by atoms with Crippen LogP contribution in [0, 0.1) is 0 Å². The number of rotatable bonds is 4. The number of nitrogens with zero attached hydrogens (tertiary/aromatic N) is 1. The number of aromatic nitrogens is 1. The molecule has 0 aliphatic carbocycles. The van der Waals surface area contributed by atoms with Crippen LogP contribution < -0.4 is 10.0 Å². The maximum atomic E-state index is 13.0. The van der Waals surface area contributed by atoms with Gasteiger partial charge in [-0.25, -0.2) is 13.1 Å². The molecule has 0 amide bonds. The predicted molar refractivity (Wildman–Crippen MR) is 97.9 cm³/mol. The normalized spacial score (nSPS) is 20.8. The molecule has 3 aromatic rings. The molecule has 5 nitrogen and oxygen atoms in total. The first kappa shape index (κ1) is 16.2. The van der Waals surface area contributed by atoms with Crippen LogP contribution in [0.4, 0.5) is 0 Å². The summed E-state index contributed by atoms with van der Waals surface area (Å²) in [5.74, 6) is 0.118. The van der Waals surface area contributed by atoms with Crippen LogP contribution in [0.1, 0.15) is 11.5 Å². The Balaban J connectivity index is 1.67. The minimum Gasteiger partial charge on any atom is -0.314 e. The summed E-state index contributed by atoms with van der Waals surface area (Å²) in [5.41, 5.74) is 1.14. The Morgan fingerprint density at radius 1 is 1.00 bits per heavy atom. The van der Waals surface area contributed by atoms with Gasteiger partial charge in [-0.15, -0.1) is 0 Å². The molecular weight excluding hydrogens is 334 g/mol. The monoisotopic (exact) mass is 353 g/mol. The van der Waals surface area contributed by atoms with E-state index in [1.165, 1.54) is 0 Å². The summed E-state index contributed by atoms with van der Waals surface area (Å²) in [7, 11) is -3.63. The number of benzene rings is 2. The Morgan fingerprint density at radius 3 is 2.68 bits per heavy atom. The van der Waals surface area contributed by atoms with E-state index in [0.29, 0.717) is 16.8 Å². The molecule has 1 saturated heterocycles. The van der Waals surface area contributed by atoms with Gasteiger partial charge in [0.05, 0.1) is 4.90 Å². The lowest BCUT2D eigenvalue weighted by molar-refractivity contribution is 0.542. The molecule has 2 aromatic carbocycles. The summed E-state index contributed by atoms with van der Waals surface area (Å²) in [5, 5.41) is 4.80. The topological polar surface area (TPSA) is 71.1 Å². The molecule has 4 rings (SSSR count). The molecule has 6 heteroatoms. The summed E-state index contributed by atoms with van der Waals surface area (Å²) in [4.78, 5) is 4.36. The van der Waals surface area contributed by atoms with Gasteiger partial charge in [0.15, 0.2) is 0 Å². The SMILES string of the molecule is O=S(=O)(NC1CNCC1c1ccccc1)c1cccc2cnccc12. The quantitative estimate of drug-likeness (QED) is 0.755. The number of hydrogen-bond donors (Lipinski definition) is 2. The average Bonchev–Trinajstić information content (AvgIpc) is 3.09. The highest BCUT2D eigenvalue weighted by Crippen LogP contribution is 2.26. The standard InChI is InChI=1S/C19H19N3O2S/c23-25(24,19-8-4-7-15-11-20-10-9-16(15)19)22-18-13-21-12-17(18)14-5-2-1-3-6-14/h1-11,17-18,21-22H,12-13H2. The van der Waals surface area contributed by atoms with Crippen molar-refractivity contribution in [2.75, 3.05) is 13.1 Å². The zero-order chi connectivity index (χ0) is 17.3. The van der Waals surface area contributed by atoms with Crippen LogP contribution in [0.25, 0.3) is 10.8 Å². The van der Waals surface area contributed by atoms with Gasteiger partial charge in [0.2, 0.25) is 10.0 Å². The first-order chi connectivity index (χ1) is 12.1. The summed E-state index contributed by atoms with van der Waals surface area (Å²) >= 11 is 0. The molecule has 1 aliphatic heterocycles. The van der Waals surface area contributed by atoms with Gasteiger partial charge in [-0.1, -0.05) is 42.5 Å². The third kappa shape index (κ3) is 3.16. The maximum Gasteiger partial charge on any atom is 0.241 e.